The fraction of sp³-hybridized carbons (Fsp3) is 0.500. The second kappa shape index (κ2) is 6.56. The van der Waals surface area contributed by atoms with Gasteiger partial charge in [0.2, 0.25) is 0 Å². The highest BCUT2D eigenvalue weighted by Crippen LogP contribution is 2.14. The molecule has 0 spiro atoms. The second-order valence-electron chi connectivity index (χ2n) is 3.52. The summed E-state index contributed by atoms with van der Waals surface area (Å²) in [6, 6.07) is 8.59. The van der Waals surface area contributed by atoms with Gasteiger partial charge in [-0.15, -0.1) is 0 Å². The first kappa shape index (κ1) is 12.2. The minimum atomic E-state index is 0.242. The number of hydrogen-bond donors (Lipinski definition) is 2. The first-order valence-corrected chi connectivity index (χ1v) is 5.33. The number of rotatable bonds is 6. The molecular formula is C12H20N2O. The largest absolute Gasteiger partial charge is 0.380 e. The highest BCUT2D eigenvalue weighted by molar-refractivity contribution is 5.26. The number of likely N-dealkylation sites (N-methyl/N-ethyl adjacent to an activating group) is 1. The van der Waals surface area contributed by atoms with Crippen molar-refractivity contribution < 1.29 is 4.74 Å². The highest BCUT2D eigenvalue weighted by Gasteiger charge is 2.07. The van der Waals surface area contributed by atoms with Gasteiger partial charge in [-0.05, 0) is 17.7 Å². The van der Waals surface area contributed by atoms with E-state index in [1.54, 1.807) is 7.11 Å². The highest BCUT2D eigenvalue weighted by atomic mass is 16.5. The lowest BCUT2D eigenvalue weighted by Gasteiger charge is -2.16. The smallest absolute Gasteiger partial charge is 0.0713 e. The van der Waals surface area contributed by atoms with Crippen LogP contribution in [-0.2, 0) is 11.3 Å². The zero-order chi connectivity index (χ0) is 11.1. The summed E-state index contributed by atoms with van der Waals surface area (Å²) in [5, 5.41) is 3.35. The van der Waals surface area contributed by atoms with E-state index in [0.29, 0.717) is 13.2 Å². The Balaban J connectivity index is 2.77. The minimum absolute atomic E-state index is 0.242. The summed E-state index contributed by atoms with van der Waals surface area (Å²) in [6.07, 6.45) is 0. The molecule has 84 valence electrons. The summed E-state index contributed by atoms with van der Waals surface area (Å²) >= 11 is 0. The molecule has 3 N–H and O–H groups in total. The number of ether oxygens (including phenoxy) is 1. The average molecular weight is 208 g/mol. The topological polar surface area (TPSA) is 47.3 Å². The van der Waals surface area contributed by atoms with Crippen LogP contribution in [0.1, 0.15) is 24.1 Å². The SMILES string of the molecule is CCNC(CN)c1cccc(COC)c1. The number of methoxy groups -OCH3 is 1. The van der Waals surface area contributed by atoms with Crippen molar-refractivity contribution in [2.45, 2.75) is 19.6 Å². The fourth-order valence-electron chi connectivity index (χ4n) is 1.65. The third-order valence-corrected chi connectivity index (χ3v) is 2.35. The van der Waals surface area contributed by atoms with Crippen LogP contribution in [-0.4, -0.2) is 20.2 Å². The van der Waals surface area contributed by atoms with Gasteiger partial charge in [-0.3, -0.25) is 0 Å². The average Bonchev–Trinajstić information content (AvgIpc) is 2.27. The molecule has 1 aromatic carbocycles. The van der Waals surface area contributed by atoms with Gasteiger partial charge in [-0.1, -0.05) is 31.2 Å². The molecule has 1 atom stereocenters. The van der Waals surface area contributed by atoms with Crippen LogP contribution in [0.4, 0.5) is 0 Å². The van der Waals surface area contributed by atoms with Crippen LogP contribution >= 0.6 is 0 Å². The number of nitrogens with two attached hydrogens (primary N) is 1. The molecular weight excluding hydrogens is 188 g/mol. The van der Waals surface area contributed by atoms with E-state index in [0.717, 1.165) is 6.54 Å². The van der Waals surface area contributed by atoms with Crippen LogP contribution in [0.3, 0.4) is 0 Å². The monoisotopic (exact) mass is 208 g/mol. The van der Waals surface area contributed by atoms with Gasteiger partial charge in [0.15, 0.2) is 0 Å². The van der Waals surface area contributed by atoms with Crippen molar-refractivity contribution >= 4 is 0 Å². The molecule has 0 saturated carbocycles. The molecule has 0 bridgehead atoms. The van der Waals surface area contributed by atoms with E-state index in [2.05, 4.69) is 30.4 Å². The predicted octanol–water partition coefficient (Wildman–Crippen LogP) is 1.44. The minimum Gasteiger partial charge on any atom is -0.380 e. The van der Waals surface area contributed by atoms with E-state index in [4.69, 9.17) is 10.5 Å². The maximum Gasteiger partial charge on any atom is 0.0713 e. The molecule has 0 heterocycles. The van der Waals surface area contributed by atoms with Gasteiger partial charge < -0.3 is 15.8 Å². The Hall–Kier alpha value is -0.900. The van der Waals surface area contributed by atoms with Gasteiger partial charge in [0, 0.05) is 19.7 Å². The van der Waals surface area contributed by atoms with E-state index < -0.39 is 0 Å². The van der Waals surface area contributed by atoms with Crippen LogP contribution in [0.5, 0.6) is 0 Å². The standard InChI is InChI=1S/C12H20N2O/c1-3-14-12(8-13)11-6-4-5-10(7-11)9-15-2/h4-7,12,14H,3,8-9,13H2,1-2H3. The third-order valence-electron chi connectivity index (χ3n) is 2.35. The molecule has 15 heavy (non-hydrogen) atoms. The molecule has 0 aliphatic carbocycles. The second-order valence-corrected chi connectivity index (χ2v) is 3.52. The summed E-state index contributed by atoms with van der Waals surface area (Å²) in [4.78, 5) is 0. The lowest BCUT2D eigenvalue weighted by atomic mass is 10.0. The first-order chi connectivity index (χ1) is 7.31. The van der Waals surface area contributed by atoms with E-state index in [1.165, 1.54) is 11.1 Å². The van der Waals surface area contributed by atoms with E-state index in [-0.39, 0.29) is 6.04 Å². The van der Waals surface area contributed by atoms with Crippen LogP contribution in [0.25, 0.3) is 0 Å². The number of benzene rings is 1. The lowest BCUT2D eigenvalue weighted by Crippen LogP contribution is -2.27. The molecule has 0 aliphatic rings. The fourth-order valence-corrected chi connectivity index (χ4v) is 1.65. The Morgan fingerprint density at radius 2 is 2.27 bits per heavy atom. The van der Waals surface area contributed by atoms with Gasteiger partial charge in [-0.25, -0.2) is 0 Å². The molecule has 0 fully saturated rings. The molecule has 0 aromatic heterocycles. The molecule has 3 nitrogen and oxygen atoms in total. The Morgan fingerprint density at radius 3 is 2.87 bits per heavy atom. The Kier molecular flexibility index (Phi) is 5.32. The quantitative estimate of drug-likeness (QED) is 0.743. The summed E-state index contributed by atoms with van der Waals surface area (Å²) in [6.45, 7) is 4.28. The van der Waals surface area contributed by atoms with Gasteiger partial charge in [0.1, 0.15) is 0 Å². The van der Waals surface area contributed by atoms with Crippen molar-refractivity contribution in [3.05, 3.63) is 35.4 Å². The van der Waals surface area contributed by atoms with E-state index in [9.17, 15) is 0 Å². The van der Waals surface area contributed by atoms with Gasteiger partial charge >= 0.3 is 0 Å². The maximum atomic E-state index is 5.72. The molecule has 0 amide bonds. The summed E-state index contributed by atoms with van der Waals surface area (Å²) in [7, 11) is 1.71. The summed E-state index contributed by atoms with van der Waals surface area (Å²) in [5.41, 5.74) is 8.14. The molecule has 1 rings (SSSR count). The van der Waals surface area contributed by atoms with Crippen LogP contribution < -0.4 is 11.1 Å². The van der Waals surface area contributed by atoms with Crippen LogP contribution in [0.15, 0.2) is 24.3 Å². The lowest BCUT2D eigenvalue weighted by molar-refractivity contribution is 0.185. The zero-order valence-electron chi connectivity index (χ0n) is 9.49. The molecule has 3 heteroatoms. The molecule has 1 aromatic rings. The third kappa shape index (κ3) is 3.63. The van der Waals surface area contributed by atoms with Crippen molar-refractivity contribution in [1.82, 2.24) is 5.32 Å². The van der Waals surface area contributed by atoms with Gasteiger partial charge in [0.25, 0.3) is 0 Å². The molecule has 0 aliphatic heterocycles. The molecule has 0 radical (unpaired) electrons. The normalized spacial score (nSPS) is 12.7. The Morgan fingerprint density at radius 1 is 1.47 bits per heavy atom. The van der Waals surface area contributed by atoms with E-state index >= 15 is 0 Å². The Bertz CT molecular complexity index is 289. The number of hydrogen-bond acceptors (Lipinski definition) is 3. The first-order valence-electron chi connectivity index (χ1n) is 5.33. The van der Waals surface area contributed by atoms with Crippen molar-refractivity contribution in [1.29, 1.82) is 0 Å². The van der Waals surface area contributed by atoms with Gasteiger partial charge in [0.05, 0.1) is 6.61 Å². The summed E-state index contributed by atoms with van der Waals surface area (Å²) < 4.78 is 5.10. The Labute approximate surface area is 91.6 Å². The van der Waals surface area contributed by atoms with E-state index in [1.807, 2.05) is 6.07 Å². The van der Waals surface area contributed by atoms with Crippen LogP contribution in [0, 0.1) is 0 Å². The van der Waals surface area contributed by atoms with Gasteiger partial charge in [-0.2, -0.15) is 0 Å². The zero-order valence-corrected chi connectivity index (χ0v) is 9.49. The van der Waals surface area contributed by atoms with Crippen molar-refractivity contribution in [2.24, 2.45) is 5.73 Å². The maximum absolute atomic E-state index is 5.72. The predicted molar refractivity (Wildman–Crippen MR) is 62.6 cm³/mol. The van der Waals surface area contributed by atoms with Crippen molar-refractivity contribution in [2.75, 3.05) is 20.2 Å². The van der Waals surface area contributed by atoms with Crippen LogP contribution in [0.2, 0.25) is 0 Å². The molecule has 0 saturated heterocycles. The van der Waals surface area contributed by atoms with Crippen molar-refractivity contribution in [3.63, 3.8) is 0 Å². The summed E-state index contributed by atoms with van der Waals surface area (Å²) in [5.74, 6) is 0. The molecule has 1 unspecified atom stereocenters. The number of nitrogens with one attached hydrogen (secondary N) is 1. The van der Waals surface area contributed by atoms with Crippen molar-refractivity contribution in [3.8, 4) is 0 Å².